The Bertz CT molecular complexity index is 693. The number of hydrogen-bond donors (Lipinski definition) is 1. The van der Waals surface area contributed by atoms with Crippen LogP contribution in [0.2, 0.25) is 0 Å². The molecule has 5 heteroatoms. The molecule has 0 aliphatic carbocycles. The molecule has 3 rings (SSSR count). The van der Waals surface area contributed by atoms with Gasteiger partial charge in [-0.05, 0) is 24.3 Å². The topological polar surface area (TPSA) is 50.4 Å². The first-order valence-corrected chi connectivity index (χ1v) is 5.04. The molecule has 2 heterocycles. The number of benzene rings is 1. The van der Waals surface area contributed by atoms with E-state index in [-0.39, 0.29) is 11.6 Å². The standard InChI is InChI=1S/C12H8FN3O/c13-10-4-2-1-3-9(10)12-15-14-11-6-5-8(17)7-16(11)12/h1-7,17H. The lowest BCUT2D eigenvalue weighted by Gasteiger charge is -2.01. The van der Waals surface area contributed by atoms with Gasteiger partial charge in [-0.25, -0.2) is 4.39 Å². The predicted molar refractivity (Wildman–Crippen MR) is 60.0 cm³/mol. The fourth-order valence-electron chi connectivity index (χ4n) is 1.71. The van der Waals surface area contributed by atoms with Gasteiger partial charge in [-0.15, -0.1) is 10.2 Å². The summed E-state index contributed by atoms with van der Waals surface area (Å²) >= 11 is 0. The summed E-state index contributed by atoms with van der Waals surface area (Å²) in [5.74, 6) is 0.0778. The van der Waals surface area contributed by atoms with E-state index in [1.54, 1.807) is 28.7 Å². The highest BCUT2D eigenvalue weighted by molar-refractivity contribution is 5.60. The molecular weight excluding hydrogens is 221 g/mol. The number of aromatic nitrogens is 3. The van der Waals surface area contributed by atoms with Gasteiger partial charge in [-0.2, -0.15) is 0 Å². The average molecular weight is 229 g/mol. The van der Waals surface area contributed by atoms with Gasteiger partial charge >= 0.3 is 0 Å². The van der Waals surface area contributed by atoms with E-state index in [0.717, 1.165) is 0 Å². The minimum Gasteiger partial charge on any atom is -0.506 e. The second-order valence-electron chi connectivity index (χ2n) is 3.62. The van der Waals surface area contributed by atoms with Crippen LogP contribution in [0.3, 0.4) is 0 Å². The van der Waals surface area contributed by atoms with E-state index < -0.39 is 0 Å². The molecule has 0 spiro atoms. The summed E-state index contributed by atoms with van der Waals surface area (Å²) in [6.07, 6.45) is 1.46. The molecule has 0 fully saturated rings. The first-order valence-electron chi connectivity index (χ1n) is 5.04. The minimum atomic E-state index is -0.370. The molecule has 0 saturated heterocycles. The first kappa shape index (κ1) is 9.77. The van der Waals surface area contributed by atoms with Crippen LogP contribution in [-0.4, -0.2) is 19.7 Å². The summed E-state index contributed by atoms with van der Waals surface area (Å²) in [7, 11) is 0. The number of hydrogen-bond acceptors (Lipinski definition) is 3. The highest BCUT2D eigenvalue weighted by Crippen LogP contribution is 2.22. The van der Waals surface area contributed by atoms with Crippen molar-refractivity contribution in [2.45, 2.75) is 0 Å². The van der Waals surface area contributed by atoms with Crippen LogP contribution in [0.5, 0.6) is 5.75 Å². The molecule has 1 N–H and O–H groups in total. The average Bonchev–Trinajstić information content (AvgIpc) is 2.72. The SMILES string of the molecule is Oc1ccc2nnc(-c3ccccc3F)n2c1. The molecule has 2 aromatic heterocycles. The van der Waals surface area contributed by atoms with Crippen LogP contribution in [0.1, 0.15) is 0 Å². The summed E-state index contributed by atoms with van der Waals surface area (Å²) < 4.78 is 15.2. The van der Waals surface area contributed by atoms with Crippen LogP contribution >= 0.6 is 0 Å². The van der Waals surface area contributed by atoms with Crippen molar-refractivity contribution in [3.63, 3.8) is 0 Å². The molecule has 0 amide bonds. The maximum Gasteiger partial charge on any atom is 0.171 e. The lowest BCUT2D eigenvalue weighted by atomic mass is 10.2. The van der Waals surface area contributed by atoms with Crippen LogP contribution < -0.4 is 0 Å². The smallest absolute Gasteiger partial charge is 0.171 e. The third-order valence-corrected chi connectivity index (χ3v) is 2.50. The molecule has 0 saturated carbocycles. The lowest BCUT2D eigenvalue weighted by Crippen LogP contribution is -1.91. The predicted octanol–water partition coefficient (Wildman–Crippen LogP) is 2.24. The van der Waals surface area contributed by atoms with Gasteiger partial charge in [0.2, 0.25) is 0 Å². The normalized spacial score (nSPS) is 10.9. The molecule has 0 bridgehead atoms. The number of aromatic hydroxyl groups is 1. The van der Waals surface area contributed by atoms with E-state index >= 15 is 0 Å². The van der Waals surface area contributed by atoms with Gasteiger partial charge in [-0.3, -0.25) is 4.40 Å². The summed E-state index contributed by atoms with van der Waals surface area (Å²) in [6.45, 7) is 0. The number of rotatable bonds is 1. The Hall–Kier alpha value is -2.43. The van der Waals surface area contributed by atoms with Crippen molar-refractivity contribution in [1.82, 2.24) is 14.6 Å². The van der Waals surface area contributed by atoms with Crippen molar-refractivity contribution in [3.8, 4) is 17.1 Å². The molecule has 0 aliphatic rings. The van der Waals surface area contributed by atoms with E-state index in [1.807, 2.05) is 0 Å². The van der Waals surface area contributed by atoms with Crippen molar-refractivity contribution in [2.24, 2.45) is 0 Å². The lowest BCUT2D eigenvalue weighted by molar-refractivity contribution is 0.472. The minimum absolute atomic E-state index is 0.0786. The maximum absolute atomic E-state index is 13.6. The summed E-state index contributed by atoms with van der Waals surface area (Å²) in [5, 5.41) is 17.3. The van der Waals surface area contributed by atoms with Gasteiger partial charge in [0.15, 0.2) is 11.5 Å². The highest BCUT2D eigenvalue weighted by Gasteiger charge is 2.11. The molecule has 84 valence electrons. The Morgan fingerprint density at radius 1 is 1.06 bits per heavy atom. The fraction of sp³-hybridized carbons (Fsp3) is 0. The van der Waals surface area contributed by atoms with Crippen molar-refractivity contribution in [2.75, 3.05) is 0 Å². The fourth-order valence-corrected chi connectivity index (χ4v) is 1.71. The molecule has 0 radical (unpaired) electrons. The second-order valence-corrected chi connectivity index (χ2v) is 3.62. The molecule has 17 heavy (non-hydrogen) atoms. The molecular formula is C12H8FN3O. The number of nitrogens with zero attached hydrogens (tertiary/aromatic N) is 3. The Morgan fingerprint density at radius 2 is 1.88 bits per heavy atom. The second kappa shape index (κ2) is 3.55. The van der Waals surface area contributed by atoms with Crippen molar-refractivity contribution in [1.29, 1.82) is 0 Å². The number of pyridine rings is 1. The van der Waals surface area contributed by atoms with Crippen LogP contribution in [0.4, 0.5) is 4.39 Å². The van der Waals surface area contributed by atoms with E-state index in [2.05, 4.69) is 10.2 Å². The van der Waals surface area contributed by atoms with Crippen molar-refractivity contribution in [3.05, 3.63) is 48.4 Å². The van der Waals surface area contributed by atoms with Crippen LogP contribution in [0.15, 0.2) is 42.6 Å². The zero-order chi connectivity index (χ0) is 11.8. The molecule has 1 aromatic carbocycles. The molecule has 0 atom stereocenters. The Kier molecular flexibility index (Phi) is 2.04. The zero-order valence-electron chi connectivity index (χ0n) is 8.71. The first-order chi connectivity index (χ1) is 8.25. The number of fused-ring (bicyclic) bond motifs is 1. The Balaban J connectivity index is 2.31. The van der Waals surface area contributed by atoms with E-state index in [0.29, 0.717) is 17.0 Å². The summed E-state index contributed by atoms with van der Waals surface area (Å²) in [6, 6.07) is 9.44. The van der Waals surface area contributed by atoms with E-state index in [4.69, 9.17) is 0 Å². The highest BCUT2D eigenvalue weighted by atomic mass is 19.1. The third kappa shape index (κ3) is 1.52. The van der Waals surface area contributed by atoms with Crippen LogP contribution in [0.25, 0.3) is 17.0 Å². The van der Waals surface area contributed by atoms with Gasteiger partial charge in [0, 0.05) is 0 Å². The molecule has 4 nitrogen and oxygen atoms in total. The quantitative estimate of drug-likeness (QED) is 0.696. The zero-order valence-corrected chi connectivity index (χ0v) is 8.71. The van der Waals surface area contributed by atoms with Crippen LogP contribution in [0, 0.1) is 5.82 Å². The molecule has 0 aliphatic heterocycles. The van der Waals surface area contributed by atoms with E-state index in [9.17, 15) is 9.50 Å². The van der Waals surface area contributed by atoms with Gasteiger partial charge in [0.05, 0.1) is 11.8 Å². The van der Waals surface area contributed by atoms with Gasteiger partial charge < -0.3 is 5.11 Å². The van der Waals surface area contributed by atoms with Gasteiger partial charge in [-0.1, -0.05) is 12.1 Å². The third-order valence-electron chi connectivity index (χ3n) is 2.50. The van der Waals surface area contributed by atoms with Crippen molar-refractivity contribution >= 4 is 5.65 Å². The number of halogens is 1. The van der Waals surface area contributed by atoms with Crippen molar-refractivity contribution < 1.29 is 9.50 Å². The molecule has 3 aromatic rings. The van der Waals surface area contributed by atoms with Crippen LogP contribution in [-0.2, 0) is 0 Å². The summed E-state index contributed by atoms with van der Waals surface area (Å²) in [5.41, 5.74) is 0.909. The largest absolute Gasteiger partial charge is 0.506 e. The Labute approximate surface area is 96.0 Å². The monoisotopic (exact) mass is 229 g/mol. The Morgan fingerprint density at radius 3 is 2.71 bits per heavy atom. The molecule has 0 unspecified atom stereocenters. The maximum atomic E-state index is 13.6. The van der Waals surface area contributed by atoms with E-state index in [1.165, 1.54) is 18.3 Å². The van der Waals surface area contributed by atoms with Gasteiger partial charge in [0.1, 0.15) is 11.6 Å². The van der Waals surface area contributed by atoms with Gasteiger partial charge in [0.25, 0.3) is 0 Å². The summed E-state index contributed by atoms with van der Waals surface area (Å²) in [4.78, 5) is 0.